The summed E-state index contributed by atoms with van der Waals surface area (Å²) in [4.78, 5) is 22.0. The minimum atomic E-state index is -0.380. The summed E-state index contributed by atoms with van der Waals surface area (Å²) in [6.07, 6.45) is 0.314. The molecule has 0 heterocycles. The van der Waals surface area contributed by atoms with Crippen molar-refractivity contribution in [1.82, 2.24) is 0 Å². The van der Waals surface area contributed by atoms with Gasteiger partial charge in [-0.25, -0.2) is 0 Å². The number of carbonyl (C=O) groups is 2. The topological polar surface area (TPSA) is 43.4 Å². The van der Waals surface area contributed by atoms with E-state index in [-0.39, 0.29) is 11.8 Å². The molecule has 0 bridgehead atoms. The molecular weight excluding hydrogens is 216 g/mol. The molecule has 0 amide bonds. The Morgan fingerprint density at radius 2 is 1.87 bits per heavy atom. The van der Waals surface area contributed by atoms with Gasteiger partial charge in [0.1, 0.15) is 5.75 Å². The minimum absolute atomic E-state index is 0.0145. The zero-order valence-electron chi connectivity index (χ0n) is 8.33. The first-order chi connectivity index (χ1) is 7.13. The summed E-state index contributed by atoms with van der Waals surface area (Å²) in [7, 11) is 0. The third kappa shape index (κ3) is 3.72. The van der Waals surface area contributed by atoms with Gasteiger partial charge in [-0.3, -0.25) is 9.59 Å². The Morgan fingerprint density at radius 3 is 2.33 bits per heavy atom. The zero-order valence-corrected chi connectivity index (χ0v) is 9.08. The fraction of sp³-hybridized carbons (Fsp3) is 0.273. The Kier molecular flexibility index (Phi) is 4.31. The average Bonchev–Trinajstić information content (AvgIpc) is 2.18. The highest BCUT2D eigenvalue weighted by Crippen LogP contribution is 2.13. The van der Waals surface area contributed by atoms with E-state index in [2.05, 4.69) is 0 Å². The summed E-state index contributed by atoms with van der Waals surface area (Å²) < 4.78 is 4.83. The van der Waals surface area contributed by atoms with Crippen LogP contribution in [-0.2, 0) is 4.79 Å². The lowest BCUT2D eigenvalue weighted by Crippen LogP contribution is -2.03. The van der Waals surface area contributed by atoms with Gasteiger partial charge in [-0.2, -0.15) is 0 Å². The van der Waals surface area contributed by atoms with E-state index in [1.807, 2.05) is 0 Å². The van der Waals surface area contributed by atoms with Crippen LogP contribution in [0.4, 0.5) is 0 Å². The van der Waals surface area contributed by atoms with Crippen molar-refractivity contribution in [3.63, 3.8) is 0 Å². The lowest BCUT2D eigenvalue weighted by molar-refractivity contribution is -0.131. The molecule has 0 aromatic heterocycles. The maximum Gasteiger partial charge on any atom is 0.308 e. The van der Waals surface area contributed by atoms with E-state index < -0.39 is 0 Å². The molecule has 0 spiro atoms. The maximum absolute atomic E-state index is 11.4. The van der Waals surface area contributed by atoms with Crippen molar-refractivity contribution in [2.75, 3.05) is 5.88 Å². The van der Waals surface area contributed by atoms with Crippen LogP contribution in [0.2, 0.25) is 0 Å². The number of hydrogen-bond acceptors (Lipinski definition) is 3. The van der Waals surface area contributed by atoms with E-state index in [0.29, 0.717) is 23.6 Å². The fourth-order valence-corrected chi connectivity index (χ4v) is 1.28. The smallest absolute Gasteiger partial charge is 0.308 e. The molecule has 1 aromatic carbocycles. The Balaban J connectivity index is 2.71. The van der Waals surface area contributed by atoms with E-state index in [0.717, 1.165) is 0 Å². The number of ketones is 1. The lowest BCUT2D eigenvalue weighted by atomic mass is 10.1. The van der Waals surface area contributed by atoms with E-state index in [9.17, 15) is 9.59 Å². The summed E-state index contributed by atoms with van der Waals surface area (Å²) in [5.41, 5.74) is 0.576. The van der Waals surface area contributed by atoms with Gasteiger partial charge in [0.2, 0.25) is 0 Å². The minimum Gasteiger partial charge on any atom is -0.427 e. The second kappa shape index (κ2) is 5.51. The van der Waals surface area contributed by atoms with Gasteiger partial charge in [-0.15, -0.1) is 11.6 Å². The van der Waals surface area contributed by atoms with Crippen LogP contribution >= 0.6 is 11.6 Å². The number of Topliss-reactive ketones (excluding diaryl/α,β-unsaturated/α-hetero) is 1. The summed E-state index contributed by atoms with van der Waals surface area (Å²) in [5.74, 6) is 0.351. The Bertz CT molecular complexity index is 357. The number of ether oxygens (including phenoxy) is 1. The van der Waals surface area contributed by atoms with Crippen molar-refractivity contribution >= 4 is 23.4 Å². The molecule has 3 nitrogen and oxygen atoms in total. The summed E-state index contributed by atoms with van der Waals surface area (Å²) in [6, 6.07) is 6.41. The standard InChI is InChI=1S/C11H11ClO3/c1-8(13)15-10-4-2-9(3-5-10)11(14)6-7-12/h2-5H,6-7H2,1H3. The quantitative estimate of drug-likeness (QED) is 0.343. The molecular formula is C11H11ClO3. The van der Waals surface area contributed by atoms with Crippen LogP contribution in [0.5, 0.6) is 5.75 Å². The van der Waals surface area contributed by atoms with E-state index in [1.54, 1.807) is 24.3 Å². The molecule has 15 heavy (non-hydrogen) atoms. The Hall–Kier alpha value is -1.35. The molecule has 0 atom stereocenters. The molecule has 80 valence electrons. The molecule has 0 N–H and O–H groups in total. The highest BCUT2D eigenvalue weighted by Gasteiger charge is 2.05. The SMILES string of the molecule is CC(=O)Oc1ccc(C(=O)CCCl)cc1. The van der Waals surface area contributed by atoms with E-state index >= 15 is 0 Å². The number of hydrogen-bond donors (Lipinski definition) is 0. The number of carbonyl (C=O) groups excluding carboxylic acids is 2. The van der Waals surface area contributed by atoms with Gasteiger partial charge in [0.25, 0.3) is 0 Å². The predicted octanol–water partition coefficient (Wildman–Crippen LogP) is 2.42. The first kappa shape index (κ1) is 11.7. The molecule has 0 radical (unpaired) electrons. The maximum atomic E-state index is 11.4. The van der Waals surface area contributed by atoms with Crippen molar-refractivity contribution in [1.29, 1.82) is 0 Å². The number of esters is 1. The van der Waals surface area contributed by atoms with Gasteiger partial charge >= 0.3 is 5.97 Å². The summed E-state index contributed by atoms with van der Waals surface area (Å²) in [6.45, 7) is 1.33. The van der Waals surface area contributed by atoms with Crippen LogP contribution in [0.15, 0.2) is 24.3 Å². The van der Waals surface area contributed by atoms with Crippen molar-refractivity contribution in [2.24, 2.45) is 0 Å². The number of alkyl halides is 1. The molecule has 0 unspecified atom stereocenters. The normalized spacial score (nSPS) is 9.73. The predicted molar refractivity (Wildman–Crippen MR) is 57.4 cm³/mol. The van der Waals surface area contributed by atoms with E-state index in [4.69, 9.17) is 16.3 Å². The van der Waals surface area contributed by atoms with Crippen LogP contribution < -0.4 is 4.74 Å². The molecule has 0 saturated carbocycles. The van der Waals surface area contributed by atoms with Gasteiger partial charge in [-0.05, 0) is 24.3 Å². The number of benzene rings is 1. The van der Waals surface area contributed by atoms with Crippen molar-refractivity contribution < 1.29 is 14.3 Å². The zero-order chi connectivity index (χ0) is 11.3. The first-order valence-corrected chi connectivity index (χ1v) is 5.04. The molecule has 0 aliphatic heterocycles. The summed E-state index contributed by atoms with van der Waals surface area (Å²) in [5, 5.41) is 0. The van der Waals surface area contributed by atoms with Gasteiger partial charge in [0.05, 0.1) is 0 Å². The van der Waals surface area contributed by atoms with Gasteiger partial charge in [0.15, 0.2) is 5.78 Å². The average molecular weight is 227 g/mol. The molecule has 1 aromatic rings. The highest BCUT2D eigenvalue weighted by atomic mass is 35.5. The number of halogens is 1. The Labute approximate surface area is 93.0 Å². The first-order valence-electron chi connectivity index (χ1n) is 4.51. The molecule has 4 heteroatoms. The van der Waals surface area contributed by atoms with Crippen LogP contribution in [0.3, 0.4) is 0 Å². The molecule has 1 rings (SSSR count). The fourth-order valence-electron chi connectivity index (χ4n) is 1.10. The molecule has 0 fully saturated rings. The largest absolute Gasteiger partial charge is 0.427 e. The lowest BCUT2D eigenvalue weighted by Gasteiger charge is -2.02. The molecule has 0 saturated heterocycles. The Morgan fingerprint density at radius 1 is 1.27 bits per heavy atom. The monoisotopic (exact) mass is 226 g/mol. The molecule has 0 aliphatic carbocycles. The van der Waals surface area contributed by atoms with Crippen LogP contribution in [0.1, 0.15) is 23.7 Å². The van der Waals surface area contributed by atoms with Crippen molar-refractivity contribution in [2.45, 2.75) is 13.3 Å². The second-order valence-corrected chi connectivity index (χ2v) is 3.36. The van der Waals surface area contributed by atoms with Crippen LogP contribution in [-0.4, -0.2) is 17.6 Å². The van der Waals surface area contributed by atoms with E-state index in [1.165, 1.54) is 6.92 Å². The third-order valence-electron chi connectivity index (χ3n) is 1.76. The molecule has 0 aliphatic rings. The number of rotatable bonds is 4. The second-order valence-electron chi connectivity index (χ2n) is 2.98. The van der Waals surface area contributed by atoms with Gasteiger partial charge < -0.3 is 4.74 Å². The van der Waals surface area contributed by atoms with Crippen molar-refractivity contribution in [3.05, 3.63) is 29.8 Å². The van der Waals surface area contributed by atoms with Crippen LogP contribution in [0.25, 0.3) is 0 Å². The third-order valence-corrected chi connectivity index (χ3v) is 1.95. The summed E-state index contributed by atoms with van der Waals surface area (Å²) >= 11 is 5.46. The van der Waals surface area contributed by atoms with Gasteiger partial charge in [0, 0.05) is 24.8 Å². The van der Waals surface area contributed by atoms with Gasteiger partial charge in [-0.1, -0.05) is 0 Å². The van der Waals surface area contributed by atoms with Crippen molar-refractivity contribution in [3.8, 4) is 5.75 Å². The van der Waals surface area contributed by atoms with Crippen LogP contribution in [0, 0.1) is 0 Å². The highest BCUT2D eigenvalue weighted by molar-refractivity contribution is 6.19.